The lowest BCUT2D eigenvalue weighted by Gasteiger charge is -2.19. The van der Waals surface area contributed by atoms with E-state index in [2.05, 4.69) is 31.4 Å². The Kier molecular flexibility index (Phi) is 7.91. The maximum atomic E-state index is 11.6. The predicted octanol–water partition coefficient (Wildman–Crippen LogP) is 1.16. The smallest absolute Gasteiger partial charge is 0.344 e. The average Bonchev–Trinajstić information content (AvgIpc) is 2.56. The van der Waals surface area contributed by atoms with E-state index in [1.165, 1.54) is 0 Å². The summed E-state index contributed by atoms with van der Waals surface area (Å²) in [6, 6.07) is 7.45. The molecule has 7 nitrogen and oxygen atoms in total. The summed E-state index contributed by atoms with van der Waals surface area (Å²) in [7, 11) is 0. The van der Waals surface area contributed by atoms with Gasteiger partial charge in [0.1, 0.15) is 5.75 Å². The lowest BCUT2D eigenvalue weighted by Crippen LogP contribution is -2.38. The largest absolute Gasteiger partial charge is 0.482 e. The van der Waals surface area contributed by atoms with Crippen LogP contribution in [-0.2, 0) is 24.5 Å². The monoisotopic (exact) mass is 350 g/mol. The Morgan fingerprint density at radius 1 is 0.960 bits per heavy atom. The van der Waals surface area contributed by atoms with Crippen LogP contribution in [0.2, 0.25) is 0 Å². The van der Waals surface area contributed by atoms with Crippen LogP contribution in [0.15, 0.2) is 24.3 Å². The second kappa shape index (κ2) is 9.66. The van der Waals surface area contributed by atoms with E-state index in [-0.39, 0.29) is 24.5 Å². The van der Waals surface area contributed by atoms with E-state index in [1.54, 1.807) is 19.1 Å². The second-order valence-corrected chi connectivity index (χ2v) is 6.45. The first kappa shape index (κ1) is 20.5. The van der Waals surface area contributed by atoms with E-state index >= 15 is 0 Å². The number of benzene rings is 1. The molecule has 0 unspecified atom stereocenters. The number of ether oxygens (including phenoxy) is 2. The fourth-order valence-corrected chi connectivity index (χ4v) is 1.87. The van der Waals surface area contributed by atoms with Crippen molar-refractivity contribution in [3.8, 4) is 5.75 Å². The summed E-state index contributed by atoms with van der Waals surface area (Å²) in [4.78, 5) is 34.2. The standard InChI is InChI=1S/C18H26N2O5/c1-5-19-15(21)10-20-16(22)11-25-17(23)12-24-14-8-6-13(7-9-14)18(2,3)4/h6-9H,5,10-12H2,1-4H3,(H,19,21)(H,20,22). The Morgan fingerprint density at radius 3 is 2.16 bits per heavy atom. The predicted molar refractivity (Wildman–Crippen MR) is 93.3 cm³/mol. The summed E-state index contributed by atoms with van der Waals surface area (Å²) in [5, 5.41) is 4.88. The van der Waals surface area contributed by atoms with Crippen molar-refractivity contribution in [3.05, 3.63) is 29.8 Å². The number of nitrogens with one attached hydrogen (secondary N) is 2. The minimum Gasteiger partial charge on any atom is -0.482 e. The van der Waals surface area contributed by atoms with Gasteiger partial charge in [0.05, 0.1) is 6.54 Å². The van der Waals surface area contributed by atoms with Crippen LogP contribution in [0, 0.1) is 0 Å². The third-order valence-electron chi connectivity index (χ3n) is 3.26. The molecule has 2 N–H and O–H groups in total. The Morgan fingerprint density at radius 2 is 1.60 bits per heavy atom. The fraction of sp³-hybridized carbons (Fsp3) is 0.500. The summed E-state index contributed by atoms with van der Waals surface area (Å²) >= 11 is 0. The zero-order valence-corrected chi connectivity index (χ0v) is 15.2. The van der Waals surface area contributed by atoms with Gasteiger partial charge in [-0.2, -0.15) is 0 Å². The first-order chi connectivity index (χ1) is 11.7. The molecule has 0 aliphatic heterocycles. The number of rotatable bonds is 8. The van der Waals surface area contributed by atoms with E-state index in [0.717, 1.165) is 5.56 Å². The molecule has 0 spiro atoms. The minimum atomic E-state index is -0.659. The van der Waals surface area contributed by atoms with Crippen LogP contribution in [-0.4, -0.2) is 44.1 Å². The molecule has 0 aliphatic rings. The number of hydrogen-bond acceptors (Lipinski definition) is 5. The zero-order valence-electron chi connectivity index (χ0n) is 15.2. The highest BCUT2D eigenvalue weighted by Crippen LogP contribution is 2.24. The summed E-state index contributed by atoms with van der Waals surface area (Å²) in [6.07, 6.45) is 0. The molecule has 0 radical (unpaired) electrons. The number of carbonyl (C=O) groups excluding carboxylic acids is 3. The molecule has 0 heterocycles. The molecule has 1 aromatic rings. The number of amides is 2. The lowest BCUT2D eigenvalue weighted by atomic mass is 9.87. The molecule has 0 saturated carbocycles. The third-order valence-corrected chi connectivity index (χ3v) is 3.26. The van der Waals surface area contributed by atoms with Crippen molar-refractivity contribution >= 4 is 17.8 Å². The van der Waals surface area contributed by atoms with E-state index < -0.39 is 18.5 Å². The van der Waals surface area contributed by atoms with Crippen molar-refractivity contribution in [1.29, 1.82) is 0 Å². The van der Waals surface area contributed by atoms with Gasteiger partial charge in [-0.25, -0.2) is 4.79 Å². The highest BCUT2D eigenvalue weighted by Gasteiger charge is 2.13. The number of esters is 1. The highest BCUT2D eigenvalue weighted by molar-refractivity contribution is 5.86. The minimum absolute atomic E-state index is 0.0405. The van der Waals surface area contributed by atoms with Gasteiger partial charge >= 0.3 is 5.97 Å². The number of likely N-dealkylation sites (N-methyl/N-ethyl adjacent to an activating group) is 1. The fourth-order valence-electron chi connectivity index (χ4n) is 1.87. The Labute approximate surface area is 148 Å². The van der Waals surface area contributed by atoms with Crippen molar-refractivity contribution in [2.45, 2.75) is 33.1 Å². The van der Waals surface area contributed by atoms with Crippen molar-refractivity contribution < 1.29 is 23.9 Å². The van der Waals surface area contributed by atoms with Crippen LogP contribution in [0.1, 0.15) is 33.3 Å². The maximum Gasteiger partial charge on any atom is 0.344 e. The maximum absolute atomic E-state index is 11.6. The Balaban J connectivity index is 2.28. The van der Waals surface area contributed by atoms with Crippen LogP contribution in [0.5, 0.6) is 5.75 Å². The van der Waals surface area contributed by atoms with Gasteiger partial charge in [-0.05, 0) is 30.0 Å². The second-order valence-electron chi connectivity index (χ2n) is 6.45. The summed E-state index contributed by atoms with van der Waals surface area (Å²) in [6.45, 7) is 7.69. The van der Waals surface area contributed by atoms with E-state index in [9.17, 15) is 14.4 Å². The van der Waals surface area contributed by atoms with Crippen LogP contribution >= 0.6 is 0 Å². The van der Waals surface area contributed by atoms with Gasteiger partial charge in [0.25, 0.3) is 5.91 Å². The zero-order chi connectivity index (χ0) is 18.9. The van der Waals surface area contributed by atoms with Gasteiger partial charge < -0.3 is 20.1 Å². The van der Waals surface area contributed by atoms with Crippen LogP contribution < -0.4 is 15.4 Å². The van der Waals surface area contributed by atoms with E-state index in [4.69, 9.17) is 9.47 Å². The molecule has 0 fully saturated rings. The summed E-state index contributed by atoms with van der Waals surface area (Å²) < 4.78 is 10.1. The molecular weight excluding hydrogens is 324 g/mol. The molecule has 7 heteroatoms. The number of carbonyl (C=O) groups is 3. The molecule has 1 aromatic carbocycles. The van der Waals surface area contributed by atoms with Crippen LogP contribution in [0.25, 0.3) is 0 Å². The van der Waals surface area contributed by atoms with Gasteiger partial charge in [0.2, 0.25) is 5.91 Å². The molecule has 0 saturated heterocycles. The molecule has 0 aromatic heterocycles. The third kappa shape index (κ3) is 8.19. The molecule has 0 aliphatic carbocycles. The van der Waals surface area contributed by atoms with Gasteiger partial charge in [-0.3, -0.25) is 9.59 Å². The normalized spacial score (nSPS) is 10.7. The molecule has 25 heavy (non-hydrogen) atoms. The van der Waals surface area contributed by atoms with Gasteiger partial charge in [-0.1, -0.05) is 32.9 Å². The molecule has 0 atom stereocenters. The first-order valence-corrected chi connectivity index (χ1v) is 8.14. The molecule has 0 bridgehead atoms. The number of hydrogen-bond donors (Lipinski definition) is 2. The average molecular weight is 350 g/mol. The highest BCUT2D eigenvalue weighted by atomic mass is 16.6. The van der Waals surface area contributed by atoms with Gasteiger partial charge in [-0.15, -0.1) is 0 Å². The quantitative estimate of drug-likeness (QED) is 0.686. The molecule has 2 amide bonds. The van der Waals surface area contributed by atoms with Crippen LogP contribution in [0.4, 0.5) is 0 Å². The van der Waals surface area contributed by atoms with Gasteiger partial charge in [0, 0.05) is 6.54 Å². The van der Waals surface area contributed by atoms with Crippen molar-refractivity contribution in [1.82, 2.24) is 10.6 Å². The summed E-state index contributed by atoms with van der Waals surface area (Å²) in [5.74, 6) is -0.961. The van der Waals surface area contributed by atoms with Crippen molar-refractivity contribution in [2.24, 2.45) is 0 Å². The van der Waals surface area contributed by atoms with Crippen LogP contribution in [0.3, 0.4) is 0 Å². The van der Waals surface area contributed by atoms with Crippen molar-refractivity contribution in [3.63, 3.8) is 0 Å². The first-order valence-electron chi connectivity index (χ1n) is 8.14. The topological polar surface area (TPSA) is 93.7 Å². The SMILES string of the molecule is CCNC(=O)CNC(=O)COC(=O)COc1ccc(C(C)(C)C)cc1. The van der Waals surface area contributed by atoms with Gasteiger partial charge in [0.15, 0.2) is 13.2 Å². The molecule has 1 rings (SSSR count). The summed E-state index contributed by atoms with van der Waals surface area (Å²) in [5.41, 5.74) is 1.20. The van der Waals surface area contributed by atoms with E-state index in [1.807, 2.05) is 12.1 Å². The molecular formula is C18H26N2O5. The lowest BCUT2D eigenvalue weighted by molar-refractivity contribution is -0.150. The van der Waals surface area contributed by atoms with E-state index in [0.29, 0.717) is 12.3 Å². The van der Waals surface area contributed by atoms with Crippen molar-refractivity contribution in [2.75, 3.05) is 26.3 Å². The Bertz CT molecular complexity index is 590. The molecule has 138 valence electrons. The Hall–Kier alpha value is -2.57.